The number of aryl methyl sites for hydroxylation is 1. The largest absolute Gasteiger partial charge is 0.469 e. The van der Waals surface area contributed by atoms with E-state index in [2.05, 4.69) is 4.74 Å². The standard InChI is InChI=1S/C14H14FNO4/c1-8-6-9(15)7-10-12(8)16(14(19)13(10)18)5-3-4-11(17)20-2/h6-7H,3-5H2,1-2H3. The molecule has 0 unspecified atom stereocenters. The lowest BCUT2D eigenvalue weighted by molar-refractivity contribution is -0.140. The lowest BCUT2D eigenvalue weighted by atomic mass is 10.1. The highest BCUT2D eigenvalue weighted by Crippen LogP contribution is 2.33. The summed E-state index contributed by atoms with van der Waals surface area (Å²) in [6.07, 6.45) is 0.534. The molecule has 0 aliphatic carbocycles. The number of hydrogen-bond donors (Lipinski definition) is 0. The van der Waals surface area contributed by atoms with Crippen LogP contribution in [0.2, 0.25) is 0 Å². The van der Waals surface area contributed by atoms with Crippen LogP contribution in [0.4, 0.5) is 10.1 Å². The highest BCUT2D eigenvalue weighted by Gasteiger charge is 2.37. The summed E-state index contributed by atoms with van der Waals surface area (Å²) < 4.78 is 17.8. The monoisotopic (exact) mass is 279 g/mol. The van der Waals surface area contributed by atoms with Gasteiger partial charge in [0.1, 0.15) is 5.82 Å². The smallest absolute Gasteiger partial charge is 0.305 e. The van der Waals surface area contributed by atoms with Crippen molar-refractivity contribution in [2.75, 3.05) is 18.6 Å². The first kappa shape index (κ1) is 14.2. The predicted octanol–water partition coefficient (Wildman–Crippen LogP) is 1.62. The van der Waals surface area contributed by atoms with Crippen molar-refractivity contribution in [2.45, 2.75) is 19.8 Å². The van der Waals surface area contributed by atoms with Gasteiger partial charge in [-0.25, -0.2) is 4.39 Å². The van der Waals surface area contributed by atoms with Crippen LogP contribution in [0, 0.1) is 12.7 Å². The van der Waals surface area contributed by atoms with E-state index >= 15 is 0 Å². The summed E-state index contributed by atoms with van der Waals surface area (Å²) in [6.45, 7) is 1.86. The second-order valence-electron chi connectivity index (χ2n) is 4.58. The zero-order valence-corrected chi connectivity index (χ0v) is 11.2. The molecule has 106 valence electrons. The van der Waals surface area contributed by atoms with E-state index in [1.54, 1.807) is 6.92 Å². The molecule has 0 fully saturated rings. The van der Waals surface area contributed by atoms with Gasteiger partial charge in [0, 0.05) is 13.0 Å². The van der Waals surface area contributed by atoms with Crippen LogP contribution in [-0.2, 0) is 14.3 Å². The molecule has 1 aromatic rings. The van der Waals surface area contributed by atoms with Crippen molar-refractivity contribution in [3.8, 4) is 0 Å². The fraction of sp³-hybridized carbons (Fsp3) is 0.357. The van der Waals surface area contributed by atoms with Gasteiger partial charge in [-0.2, -0.15) is 0 Å². The number of esters is 1. The minimum absolute atomic E-state index is 0.0885. The van der Waals surface area contributed by atoms with Gasteiger partial charge in [0.15, 0.2) is 0 Å². The number of halogens is 1. The number of methoxy groups -OCH3 is 1. The Balaban J connectivity index is 2.22. The number of amides is 1. The van der Waals surface area contributed by atoms with Gasteiger partial charge in [-0.05, 0) is 31.0 Å². The summed E-state index contributed by atoms with van der Waals surface area (Å²) >= 11 is 0. The fourth-order valence-corrected chi connectivity index (χ4v) is 2.30. The molecule has 0 bridgehead atoms. The number of rotatable bonds is 4. The molecule has 1 aliphatic rings. The molecule has 20 heavy (non-hydrogen) atoms. The van der Waals surface area contributed by atoms with Crippen LogP contribution in [0.5, 0.6) is 0 Å². The first-order valence-electron chi connectivity index (χ1n) is 6.19. The fourth-order valence-electron chi connectivity index (χ4n) is 2.30. The molecule has 0 N–H and O–H groups in total. The van der Waals surface area contributed by atoms with Gasteiger partial charge in [0.2, 0.25) is 0 Å². The topological polar surface area (TPSA) is 63.7 Å². The summed E-state index contributed by atoms with van der Waals surface area (Å²) in [5.41, 5.74) is 1.05. The summed E-state index contributed by atoms with van der Waals surface area (Å²) in [6, 6.07) is 2.35. The Morgan fingerprint density at radius 2 is 2.05 bits per heavy atom. The Kier molecular flexibility index (Phi) is 3.83. The van der Waals surface area contributed by atoms with Gasteiger partial charge in [-0.15, -0.1) is 0 Å². The molecule has 1 heterocycles. The number of carbonyl (C=O) groups excluding carboxylic acids is 3. The summed E-state index contributed by atoms with van der Waals surface area (Å²) in [4.78, 5) is 36.1. The molecule has 0 aromatic heterocycles. The molecule has 0 spiro atoms. The maximum absolute atomic E-state index is 13.3. The van der Waals surface area contributed by atoms with Crippen LogP contribution in [0.3, 0.4) is 0 Å². The van der Waals surface area contributed by atoms with Gasteiger partial charge < -0.3 is 9.64 Å². The molecule has 0 saturated carbocycles. The summed E-state index contributed by atoms with van der Waals surface area (Å²) in [7, 11) is 1.29. The van der Waals surface area contributed by atoms with Gasteiger partial charge in [0.25, 0.3) is 11.7 Å². The number of carbonyl (C=O) groups is 3. The summed E-state index contributed by atoms with van der Waals surface area (Å²) in [5, 5.41) is 0. The van der Waals surface area contributed by atoms with E-state index in [0.717, 1.165) is 6.07 Å². The molecule has 6 heteroatoms. The second-order valence-corrected chi connectivity index (χ2v) is 4.58. The number of nitrogens with zero attached hydrogens (tertiary/aromatic N) is 1. The Bertz CT molecular complexity index is 597. The van der Waals surface area contributed by atoms with E-state index in [4.69, 9.17) is 0 Å². The first-order valence-corrected chi connectivity index (χ1v) is 6.19. The van der Waals surface area contributed by atoms with E-state index in [-0.39, 0.29) is 24.5 Å². The molecule has 2 rings (SSSR count). The van der Waals surface area contributed by atoms with Crippen LogP contribution in [0.1, 0.15) is 28.8 Å². The summed E-state index contributed by atoms with van der Waals surface area (Å²) in [5.74, 6) is -2.31. The predicted molar refractivity (Wildman–Crippen MR) is 69.1 cm³/mol. The Morgan fingerprint density at radius 1 is 1.35 bits per heavy atom. The zero-order valence-electron chi connectivity index (χ0n) is 11.2. The molecule has 0 radical (unpaired) electrons. The van der Waals surface area contributed by atoms with E-state index in [9.17, 15) is 18.8 Å². The quantitative estimate of drug-likeness (QED) is 0.620. The number of ketones is 1. The molecule has 5 nitrogen and oxygen atoms in total. The lowest BCUT2D eigenvalue weighted by Gasteiger charge is -2.18. The second kappa shape index (κ2) is 5.40. The average molecular weight is 279 g/mol. The van der Waals surface area contributed by atoms with Crippen molar-refractivity contribution >= 4 is 23.3 Å². The van der Waals surface area contributed by atoms with Crippen molar-refractivity contribution in [3.63, 3.8) is 0 Å². The Labute approximate surface area is 115 Å². The van der Waals surface area contributed by atoms with E-state index in [1.165, 1.54) is 18.1 Å². The third-order valence-corrected chi connectivity index (χ3v) is 3.21. The van der Waals surface area contributed by atoms with E-state index in [1.807, 2.05) is 0 Å². The third kappa shape index (κ3) is 2.41. The SMILES string of the molecule is COC(=O)CCCN1C(=O)C(=O)c2cc(F)cc(C)c21. The van der Waals surface area contributed by atoms with Gasteiger partial charge in [-0.1, -0.05) is 0 Å². The number of ether oxygens (including phenoxy) is 1. The normalized spacial score (nSPS) is 13.7. The van der Waals surface area contributed by atoms with Gasteiger partial charge >= 0.3 is 5.97 Å². The Morgan fingerprint density at radius 3 is 2.70 bits per heavy atom. The van der Waals surface area contributed by atoms with Crippen LogP contribution < -0.4 is 4.90 Å². The average Bonchev–Trinajstić information content (AvgIpc) is 2.64. The highest BCUT2D eigenvalue weighted by atomic mass is 19.1. The zero-order chi connectivity index (χ0) is 14.9. The van der Waals surface area contributed by atoms with Crippen molar-refractivity contribution in [3.05, 3.63) is 29.1 Å². The molecule has 0 saturated heterocycles. The van der Waals surface area contributed by atoms with Crippen LogP contribution >= 0.6 is 0 Å². The minimum Gasteiger partial charge on any atom is -0.469 e. The van der Waals surface area contributed by atoms with Crippen molar-refractivity contribution in [1.82, 2.24) is 0 Å². The molecule has 1 amide bonds. The van der Waals surface area contributed by atoms with Crippen molar-refractivity contribution < 1.29 is 23.5 Å². The highest BCUT2D eigenvalue weighted by molar-refractivity contribution is 6.52. The molecule has 1 aliphatic heterocycles. The minimum atomic E-state index is -0.708. The number of benzene rings is 1. The number of anilines is 1. The maximum Gasteiger partial charge on any atom is 0.305 e. The molecule has 1 aromatic carbocycles. The Hall–Kier alpha value is -2.24. The van der Waals surface area contributed by atoms with Gasteiger partial charge in [-0.3, -0.25) is 14.4 Å². The lowest BCUT2D eigenvalue weighted by Crippen LogP contribution is -2.31. The van der Waals surface area contributed by atoms with Crippen LogP contribution in [-0.4, -0.2) is 31.3 Å². The molecular formula is C14H14FNO4. The third-order valence-electron chi connectivity index (χ3n) is 3.21. The van der Waals surface area contributed by atoms with E-state index < -0.39 is 17.5 Å². The van der Waals surface area contributed by atoms with E-state index in [0.29, 0.717) is 17.7 Å². The first-order chi connectivity index (χ1) is 9.45. The van der Waals surface area contributed by atoms with Crippen LogP contribution in [0.15, 0.2) is 12.1 Å². The van der Waals surface area contributed by atoms with Crippen molar-refractivity contribution in [2.24, 2.45) is 0 Å². The number of hydrogen-bond acceptors (Lipinski definition) is 4. The number of Topliss-reactive ketones (excluding diaryl/α,β-unsaturated/α-hetero) is 1. The molecule has 0 atom stereocenters. The van der Waals surface area contributed by atoms with Crippen molar-refractivity contribution in [1.29, 1.82) is 0 Å². The maximum atomic E-state index is 13.3. The van der Waals surface area contributed by atoms with Gasteiger partial charge in [0.05, 0.1) is 18.4 Å². The number of fused-ring (bicyclic) bond motifs is 1. The van der Waals surface area contributed by atoms with Crippen LogP contribution in [0.25, 0.3) is 0 Å². The molecular weight excluding hydrogens is 265 g/mol.